The topological polar surface area (TPSA) is 41.5 Å². The maximum atomic E-state index is 9.78. The van der Waals surface area contributed by atoms with Gasteiger partial charge in [0.2, 0.25) is 0 Å². The molecule has 1 aliphatic carbocycles. The van der Waals surface area contributed by atoms with Crippen molar-refractivity contribution in [3.8, 4) is 0 Å². The highest BCUT2D eigenvalue weighted by Gasteiger charge is 2.40. The number of ether oxygens (including phenoxy) is 1. The van der Waals surface area contributed by atoms with Gasteiger partial charge in [-0.05, 0) is 18.4 Å². The summed E-state index contributed by atoms with van der Waals surface area (Å²) in [5.74, 6) is 0. The summed E-state index contributed by atoms with van der Waals surface area (Å²) >= 11 is 0. The number of rotatable bonds is 5. The molecule has 0 radical (unpaired) electrons. The van der Waals surface area contributed by atoms with E-state index in [9.17, 15) is 5.11 Å². The molecule has 0 spiro atoms. The van der Waals surface area contributed by atoms with Gasteiger partial charge < -0.3 is 15.2 Å². The molecule has 1 saturated carbocycles. The minimum Gasteiger partial charge on any atom is -0.394 e. The Balaban J connectivity index is 2.03. The first-order chi connectivity index (χ1) is 8.80. The number of aliphatic hydroxyl groups is 1. The third kappa shape index (κ3) is 2.91. The highest BCUT2D eigenvalue weighted by Crippen LogP contribution is 2.30. The molecule has 0 heterocycles. The summed E-state index contributed by atoms with van der Waals surface area (Å²) in [4.78, 5) is 0. The van der Waals surface area contributed by atoms with Gasteiger partial charge in [-0.1, -0.05) is 43.2 Å². The van der Waals surface area contributed by atoms with Crippen molar-refractivity contribution < 1.29 is 9.84 Å². The SMILES string of the molecule is COC1CCCCC1(CO)NCc1ccccc1. The van der Waals surface area contributed by atoms with E-state index in [0.29, 0.717) is 0 Å². The highest BCUT2D eigenvalue weighted by molar-refractivity contribution is 5.15. The zero-order valence-electron chi connectivity index (χ0n) is 11.1. The van der Waals surface area contributed by atoms with Gasteiger partial charge in [-0.15, -0.1) is 0 Å². The van der Waals surface area contributed by atoms with Crippen molar-refractivity contribution in [2.45, 2.75) is 43.9 Å². The highest BCUT2D eigenvalue weighted by atomic mass is 16.5. The Labute approximate surface area is 109 Å². The fourth-order valence-corrected chi connectivity index (χ4v) is 2.86. The number of benzene rings is 1. The van der Waals surface area contributed by atoms with Gasteiger partial charge in [0, 0.05) is 13.7 Å². The average Bonchev–Trinajstić information content (AvgIpc) is 2.46. The molecule has 2 rings (SSSR count). The molecule has 1 fully saturated rings. The zero-order valence-corrected chi connectivity index (χ0v) is 11.1. The van der Waals surface area contributed by atoms with Crippen LogP contribution in [0, 0.1) is 0 Å². The largest absolute Gasteiger partial charge is 0.394 e. The van der Waals surface area contributed by atoms with Gasteiger partial charge in [0.15, 0.2) is 0 Å². The molecule has 2 unspecified atom stereocenters. The van der Waals surface area contributed by atoms with Crippen LogP contribution in [0.5, 0.6) is 0 Å². The van der Waals surface area contributed by atoms with Crippen molar-refractivity contribution in [3.05, 3.63) is 35.9 Å². The lowest BCUT2D eigenvalue weighted by molar-refractivity contribution is -0.0390. The van der Waals surface area contributed by atoms with Crippen LogP contribution in [0.4, 0.5) is 0 Å². The number of aliphatic hydroxyl groups excluding tert-OH is 1. The molecule has 1 aromatic rings. The molecule has 3 heteroatoms. The van der Waals surface area contributed by atoms with Crippen molar-refractivity contribution in [1.29, 1.82) is 0 Å². The predicted octanol–water partition coefficient (Wildman–Crippen LogP) is 2.10. The van der Waals surface area contributed by atoms with Crippen LogP contribution in [0.3, 0.4) is 0 Å². The zero-order chi connectivity index (χ0) is 12.8. The Morgan fingerprint density at radius 3 is 2.78 bits per heavy atom. The first-order valence-electron chi connectivity index (χ1n) is 6.73. The molecule has 1 aliphatic rings. The lowest BCUT2D eigenvalue weighted by Crippen LogP contribution is -2.59. The first kappa shape index (κ1) is 13.5. The van der Waals surface area contributed by atoms with E-state index in [4.69, 9.17) is 4.74 Å². The molecule has 1 aromatic carbocycles. The van der Waals surface area contributed by atoms with Crippen LogP contribution in [0.15, 0.2) is 30.3 Å². The van der Waals surface area contributed by atoms with Crippen molar-refractivity contribution >= 4 is 0 Å². The maximum absolute atomic E-state index is 9.78. The summed E-state index contributed by atoms with van der Waals surface area (Å²) in [7, 11) is 1.74. The molecule has 3 nitrogen and oxygen atoms in total. The second-order valence-corrected chi connectivity index (χ2v) is 5.12. The van der Waals surface area contributed by atoms with E-state index < -0.39 is 0 Å². The van der Waals surface area contributed by atoms with Gasteiger partial charge in [-0.25, -0.2) is 0 Å². The number of methoxy groups -OCH3 is 1. The van der Waals surface area contributed by atoms with Crippen LogP contribution in [0.1, 0.15) is 31.2 Å². The van der Waals surface area contributed by atoms with Gasteiger partial charge in [0.05, 0.1) is 18.2 Å². The Morgan fingerprint density at radius 2 is 2.11 bits per heavy atom. The smallest absolute Gasteiger partial charge is 0.0775 e. The van der Waals surface area contributed by atoms with Gasteiger partial charge in [-0.3, -0.25) is 0 Å². The van der Waals surface area contributed by atoms with Crippen molar-refractivity contribution in [2.24, 2.45) is 0 Å². The van der Waals surface area contributed by atoms with Crippen LogP contribution in [-0.4, -0.2) is 30.5 Å². The van der Waals surface area contributed by atoms with Crippen LogP contribution in [0.2, 0.25) is 0 Å². The summed E-state index contributed by atoms with van der Waals surface area (Å²) in [6, 6.07) is 10.3. The molecule has 18 heavy (non-hydrogen) atoms. The summed E-state index contributed by atoms with van der Waals surface area (Å²) in [6.45, 7) is 0.916. The second kappa shape index (κ2) is 6.32. The summed E-state index contributed by atoms with van der Waals surface area (Å²) in [5.41, 5.74) is 0.966. The Hall–Kier alpha value is -0.900. The number of hydrogen-bond acceptors (Lipinski definition) is 3. The fraction of sp³-hybridized carbons (Fsp3) is 0.600. The molecule has 0 aromatic heterocycles. The minimum atomic E-state index is -0.275. The van der Waals surface area contributed by atoms with E-state index in [2.05, 4.69) is 17.4 Å². The third-order valence-electron chi connectivity index (χ3n) is 4.01. The average molecular weight is 249 g/mol. The van der Waals surface area contributed by atoms with Gasteiger partial charge in [0.25, 0.3) is 0 Å². The Bertz CT molecular complexity index is 355. The third-order valence-corrected chi connectivity index (χ3v) is 4.01. The van der Waals surface area contributed by atoms with Crippen LogP contribution in [-0.2, 0) is 11.3 Å². The van der Waals surface area contributed by atoms with Gasteiger partial charge in [-0.2, -0.15) is 0 Å². The van der Waals surface area contributed by atoms with E-state index in [0.717, 1.165) is 25.8 Å². The van der Waals surface area contributed by atoms with Gasteiger partial charge >= 0.3 is 0 Å². The van der Waals surface area contributed by atoms with E-state index in [-0.39, 0.29) is 18.2 Å². The lowest BCUT2D eigenvalue weighted by Gasteiger charge is -2.43. The number of nitrogens with one attached hydrogen (secondary N) is 1. The quantitative estimate of drug-likeness (QED) is 0.839. The lowest BCUT2D eigenvalue weighted by atomic mass is 9.79. The molecule has 0 aliphatic heterocycles. The summed E-state index contributed by atoms with van der Waals surface area (Å²) < 4.78 is 5.56. The molecule has 2 N–H and O–H groups in total. The van der Waals surface area contributed by atoms with Crippen LogP contribution in [0.25, 0.3) is 0 Å². The normalized spacial score (nSPS) is 28.2. The predicted molar refractivity (Wildman–Crippen MR) is 72.4 cm³/mol. The Kier molecular flexibility index (Phi) is 4.75. The molecule has 0 saturated heterocycles. The van der Waals surface area contributed by atoms with E-state index in [1.165, 1.54) is 12.0 Å². The van der Waals surface area contributed by atoms with E-state index in [1.807, 2.05) is 18.2 Å². The monoisotopic (exact) mass is 249 g/mol. The second-order valence-electron chi connectivity index (χ2n) is 5.12. The first-order valence-corrected chi connectivity index (χ1v) is 6.73. The minimum absolute atomic E-state index is 0.111. The molecule has 0 amide bonds. The standard InChI is InChI=1S/C15H23NO2/c1-18-14-9-5-6-10-15(14,12-17)16-11-13-7-3-2-4-8-13/h2-4,7-8,14,16-17H,5-6,9-12H2,1H3. The van der Waals surface area contributed by atoms with Gasteiger partial charge in [0.1, 0.15) is 0 Å². The summed E-state index contributed by atoms with van der Waals surface area (Å²) in [5, 5.41) is 13.3. The molecular weight excluding hydrogens is 226 g/mol. The molecule has 2 atom stereocenters. The van der Waals surface area contributed by atoms with Crippen LogP contribution >= 0.6 is 0 Å². The van der Waals surface area contributed by atoms with E-state index >= 15 is 0 Å². The fourth-order valence-electron chi connectivity index (χ4n) is 2.86. The Morgan fingerprint density at radius 1 is 1.33 bits per heavy atom. The molecule has 100 valence electrons. The number of hydrogen-bond donors (Lipinski definition) is 2. The van der Waals surface area contributed by atoms with E-state index in [1.54, 1.807) is 7.11 Å². The van der Waals surface area contributed by atoms with Crippen molar-refractivity contribution in [2.75, 3.05) is 13.7 Å². The molecule has 0 bridgehead atoms. The maximum Gasteiger partial charge on any atom is 0.0775 e. The van der Waals surface area contributed by atoms with Crippen LogP contribution < -0.4 is 5.32 Å². The van der Waals surface area contributed by atoms with Crippen molar-refractivity contribution in [3.63, 3.8) is 0 Å². The van der Waals surface area contributed by atoms with Crippen molar-refractivity contribution in [1.82, 2.24) is 5.32 Å². The summed E-state index contributed by atoms with van der Waals surface area (Å²) in [6.07, 6.45) is 4.46. The molecular formula is C15H23NO2.